The molecule has 0 bridgehead atoms. The third-order valence-corrected chi connectivity index (χ3v) is 3.03. The van der Waals surface area contributed by atoms with Crippen LogP contribution in [-0.4, -0.2) is 13.4 Å². The van der Waals surface area contributed by atoms with Crippen molar-refractivity contribution in [1.29, 1.82) is 0 Å². The Hall–Kier alpha value is -2.09. The largest absolute Gasteiger partial charge is 0.496 e. The highest BCUT2D eigenvalue weighted by Gasteiger charge is 2.09. The van der Waals surface area contributed by atoms with Crippen molar-refractivity contribution in [3.05, 3.63) is 53.1 Å². The zero-order valence-corrected chi connectivity index (χ0v) is 10.9. The van der Waals surface area contributed by atoms with Gasteiger partial charge in [-0.1, -0.05) is 23.8 Å². The number of rotatable bonds is 3. The van der Waals surface area contributed by atoms with Crippen LogP contribution in [0.2, 0.25) is 0 Å². The van der Waals surface area contributed by atoms with Gasteiger partial charge in [-0.05, 0) is 43.2 Å². The quantitative estimate of drug-likeness (QED) is 0.763. The Labute approximate surface area is 107 Å². The van der Waals surface area contributed by atoms with Gasteiger partial charge in [-0.2, -0.15) is 0 Å². The summed E-state index contributed by atoms with van der Waals surface area (Å²) in [7, 11) is 1.64. The summed E-state index contributed by atoms with van der Waals surface area (Å²) in [6.45, 7) is 4.13. The van der Waals surface area contributed by atoms with Crippen LogP contribution in [0.4, 0.5) is 0 Å². The number of aryl methyl sites for hydroxylation is 2. The number of methoxy groups -OCH3 is 1. The van der Waals surface area contributed by atoms with Gasteiger partial charge >= 0.3 is 0 Å². The molecule has 0 N–H and O–H groups in total. The zero-order chi connectivity index (χ0) is 13.1. The first-order valence-corrected chi connectivity index (χ1v) is 5.86. The molecule has 0 aliphatic rings. The minimum atomic E-state index is 0.658. The van der Waals surface area contributed by atoms with Crippen molar-refractivity contribution in [2.24, 2.45) is 0 Å². The molecule has 2 rings (SSSR count). The van der Waals surface area contributed by atoms with Crippen molar-refractivity contribution in [2.75, 3.05) is 7.11 Å². The number of carbonyl (C=O) groups excluding carboxylic acids is 1. The van der Waals surface area contributed by atoms with E-state index >= 15 is 0 Å². The molecule has 0 amide bonds. The molecule has 0 aromatic heterocycles. The van der Waals surface area contributed by atoms with E-state index in [4.69, 9.17) is 4.74 Å². The van der Waals surface area contributed by atoms with E-state index in [1.807, 2.05) is 12.1 Å². The molecule has 0 atom stereocenters. The lowest BCUT2D eigenvalue weighted by Gasteiger charge is -2.12. The Bertz CT molecular complexity index is 586. The second-order valence-corrected chi connectivity index (χ2v) is 4.40. The number of aldehydes is 1. The maximum Gasteiger partial charge on any atom is 0.150 e. The van der Waals surface area contributed by atoms with Crippen molar-refractivity contribution in [2.45, 2.75) is 13.8 Å². The van der Waals surface area contributed by atoms with Crippen LogP contribution in [0.5, 0.6) is 5.75 Å². The molecule has 2 aromatic carbocycles. The third kappa shape index (κ3) is 2.28. The van der Waals surface area contributed by atoms with E-state index in [1.54, 1.807) is 13.2 Å². The molecule has 2 nitrogen and oxygen atoms in total. The van der Waals surface area contributed by atoms with Crippen molar-refractivity contribution in [3.8, 4) is 16.9 Å². The van der Waals surface area contributed by atoms with Crippen LogP contribution < -0.4 is 4.74 Å². The minimum Gasteiger partial charge on any atom is -0.496 e. The summed E-state index contributed by atoms with van der Waals surface area (Å²) in [6.07, 6.45) is 0.854. The predicted molar refractivity (Wildman–Crippen MR) is 73.3 cm³/mol. The van der Waals surface area contributed by atoms with E-state index in [1.165, 1.54) is 11.1 Å². The first-order valence-electron chi connectivity index (χ1n) is 5.86. The van der Waals surface area contributed by atoms with Gasteiger partial charge in [0.25, 0.3) is 0 Å². The summed E-state index contributed by atoms with van der Waals surface area (Å²) >= 11 is 0. The first-order chi connectivity index (χ1) is 8.65. The Morgan fingerprint density at radius 3 is 2.39 bits per heavy atom. The topological polar surface area (TPSA) is 26.3 Å². The van der Waals surface area contributed by atoms with Crippen molar-refractivity contribution in [3.63, 3.8) is 0 Å². The Balaban J connectivity index is 2.64. The molecule has 0 fully saturated rings. The summed E-state index contributed by atoms with van der Waals surface area (Å²) in [5, 5.41) is 0. The molecular weight excluding hydrogens is 224 g/mol. The lowest BCUT2D eigenvalue weighted by atomic mass is 9.96. The normalized spacial score (nSPS) is 10.2. The van der Waals surface area contributed by atoms with Gasteiger partial charge in [0.2, 0.25) is 0 Å². The van der Waals surface area contributed by atoms with Gasteiger partial charge in [0, 0.05) is 11.1 Å². The number of hydrogen-bond acceptors (Lipinski definition) is 2. The Morgan fingerprint density at radius 2 is 1.78 bits per heavy atom. The minimum absolute atomic E-state index is 0.658. The molecule has 0 unspecified atom stereocenters. The Kier molecular flexibility index (Phi) is 3.47. The molecule has 0 aliphatic carbocycles. The van der Waals surface area contributed by atoms with E-state index in [0.717, 1.165) is 23.2 Å². The smallest absolute Gasteiger partial charge is 0.150 e. The van der Waals surface area contributed by atoms with E-state index in [-0.39, 0.29) is 0 Å². The molecule has 18 heavy (non-hydrogen) atoms. The van der Waals surface area contributed by atoms with Crippen molar-refractivity contribution < 1.29 is 9.53 Å². The van der Waals surface area contributed by atoms with Gasteiger partial charge in [-0.25, -0.2) is 0 Å². The van der Waals surface area contributed by atoms with Gasteiger partial charge in [-0.3, -0.25) is 4.79 Å². The van der Waals surface area contributed by atoms with Gasteiger partial charge < -0.3 is 4.74 Å². The number of hydrogen-bond donors (Lipinski definition) is 0. The highest BCUT2D eigenvalue weighted by molar-refractivity contribution is 5.82. The predicted octanol–water partition coefficient (Wildman–Crippen LogP) is 3.79. The standard InChI is InChI=1S/C16H16O2/c1-11-4-6-14(12(2)8-11)15-9-13(10-17)5-7-16(15)18-3/h4-10H,1-3H3. The van der Waals surface area contributed by atoms with Crippen LogP contribution in [0.25, 0.3) is 11.1 Å². The van der Waals surface area contributed by atoms with Crippen LogP contribution in [0.1, 0.15) is 21.5 Å². The first kappa shape index (κ1) is 12.4. The van der Waals surface area contributed by atoms with Crippen molar-refractivity contribution in [1.82, 2.24) is 0 Å². The van der Waals surface area contributed by atoms with Gasteiger partial charge in [0.05, 0.1) is 7.11 Å². The second kappa shape index (κ2) is 5.05. The number of carbonyl (C=O) groups is 1. The monoisotopic (exact) mass is 240 g/mol. The van der Waals surface area contributed by atoms with E-state index in [0.29, 0.717) is 5.56 Å². The second-order valence-electron chi connectivity index (χ2n) is 4.40. The van der Waals surface area contributed by atoms with Crippen LogP contribution >= 0.6 is 0 Å². The van der Waals surface area contributed by atoms with Crippen LogP contribution in [0.3, 0.4) is 0 Å². The molecule has 0 spiro atoms. The highest BCUT2D eigenvalue weighted by Crippen LogP contribution is 2.33. The third-order valence-electron chi connectivity index (χ3n) is 3.03. The van der Waals surface area contributed by atoms with E-state index in [2.05, 4.69) is 32.0 Å². The molecule has 2 aromatic rings. The molecule has 2 heteroatoms. The maximum atomic E-state index is 10.9. The molecular formula is C16H16O2. The average molecular weight is 240 g/mol. The van der Waals surface area contributed by atoms with Gasteiger partial charge in [-0.15, -0.1) is 0 Å². The molecule has 0 saturated heterocycles. The van der Waals surface area contributed by atoms with E-state index in [9.17, 15) is 4.79 Å². The van der Waals surface area contributed by atoms with E-state index < -0.39 is 0 Å². The molecule has 0 radical (unpaired) electrons. The lowest BCUT2D eigenvalue weighted by molar-refractivity contribution is 0.112. The molecule has 92 valence electrons. The summed E-state index contributed by atoms with van der Waals surface area (Å²) < 4.78 is 5.37. The van der Waals surface area contributed by atoms with Crippen LogP contribution in [-0.2, 0) is 0 Å². The maximum absolute atomic E-state index is 10.9. The summed E-state index contributed by atoms with van der Waals surface area (Å²) in [5.74, 6) is 0.785. The van der Waals surface area contributed by atoms with Crippen molar-refractivity contribution >= 4 is 6.29 Å². The number of benzene rings is 2. The SMILES string of the molecule is COc1ccc(C=O)cc1-c1ccc(C)cc1C. The number of ether oxygens (including phenoxy) is 1. The zero-order valence-electron chi connectivity index (χ0n) is 10.9. The van der Waals surface area contributed by atoms with Gasteiger partial charge in [0.15, 0.2) is 0 Å². The fourth-order valence-corrected chi connectivity index (χ4v) is 2.13. The fourth-order valence-electron chi connectivity index (χ4n) is 2.13. The molecule has 0 heterocycles. The molecule has 0 saturated carbocycles. The fraction of sp³-hybridized carbons (Fsp3) is 0.188. The summed E-state index contributed by atoms with van der Waals surface area (Å²) in [4.78, 5) is 10.9. The van der Waals surface area contributed by atoms with Crippen LogP contribution in [0.15, 0.2) is 36.4 Å². The highest BCUT2D eigenvalue weighted by atomic mass is 16.5. The van der Waals surface area contributed by atoms with Gasteiger partial charge in [0.1, 0.15) is 12.0 Å². The van der Waals surface area contributed by atoms with Crippen LogP contribution in [0, 0.1) is 13.8 Å². The Morgan fingerprint density at radius 1 is 1.00 bits per heavy atom. The summed E-state index contributed by atoms with van der Waals surface area (Å²) in [6, 6.07) is 11.7. The lowest BCUT2D eigenvalue weighted by Crippen LogP contribution is -1.92. The molecule has 0 aliphatic heterocycles. The summed E-state index contributed by atoms with van der Waals surface area (Å²) in [5.41, 5.74) is 5.12. The average Bonchev–Trinajstić information content (AvgIpc) is 2.38.